The van der Waals surface area contributed by atoms with Crippen molar-refractivity contribution in [2.75, 3.05) is 19.6 Å². The van der Waals surface area contributed by atoms with Crippen molar-refractivity contribution in [3.63, 3.8) is 0 Å². The van der Waals surface area contributed by atoms with Crippen LogP contribution in [0, 0.1) is 13.8 Å². The molecule has 1 saturated heterocycles. The van der Waals surface area contributed by atoms with Crippen LogP contribution >= 0.6 is 0 Å². The van der Waals surface area contributed by atoms with E-state index in [1.54, 1.807) is 13.8 Å². The van der Waals surface area contributed by atoms with Gasteiger partial charge < -0.3 is 9.42 Å². The summed E-state index contributed by atoms with van der Waals surface area (Å²) >= 11 is 0. The molecule has 1 aliphatic rings. The van der Waals surface area contributed by atoms with Crippen LogP contribution in [-0.4, -0.2) is 44.2 Å². The average Bonchev–Trinajstić information content (AvgIpc) is 2.93. The molecule has 0 aliphatic carbocycles. The van der Waals surface area contributed by atoms with Crippen LogP contribution in [-0.2, 0) is 16.4 Å². The lowest BCUT2D eigenvalue weighted by Crippen LogP contribution is -2.48. The molecule has 1 N–H and O–H groups in total. The molecule has 7 heteroatoms. The molecule has 1 aromatic heterocycles. The van der Waals surface area contributed by atoms with Gasteiger partial charge in [-0.1, -0.05) is 35.5 Å². The fraction of sp³-hybridized carbons (Fsp3) is 0.500. The maximum atomic E-state index is 12.7. The van der Waals surface area contributed by atoms with Gasteiger partial charge in [0.25, 0.3) is 0 Å². The summed E-state index contributed by atoms with van der Waals surface area (Å²) < 4.78 is 33.2. The molecule has 3 rings (SSSR count). The topological polar surface area (TPSA) is 75.4 Å². The number of aryl methyl sites for hydroxylation is 2. The summed E-state index contributed by atoms with van der Waals surface area (Å²) in [6.07, 6.45) is 2.82. The maximum absolute atomic E-state index is 12.7. The van der Waals surface area contributed by atoms with Gasteiger partial charge in [0, 0.05) is 19.1 Å². The largest absolute Gasteiger partial charge is 0.360 e. The van der Waals surface area contributed by atoms with Crippen LogP contribution in [0.3, 0.4) is 0 Å². The molecular formula is C18H25N3O3S. The normalized spacial score (nSPS) is 19.2. The van der Waals surface area contributed by atoms with Crippen LogP contribution < -0.4 is 4.72 Å². The highest BCUT2D eigenvalue weighted by atomic mass is 32.2. The van der Waals surface area contributed by atoms with Crippen LogP contribution in [0.4, 0.5) is 0 Å². The number of hydrogen-bond acceptors (Lipinski definition) is 5. The highest BCUT2D eigenvalue weighted by Gasteiger charge is 2.29. The van der Waals surface area contributed by atoms with Crippen molar-refractivity contribution in [1.82, 2.24) is 14.8 Å². The summed E-state index contributed by atoms with van der Waals surface area (Å²) in [5.41, 5.74) is 1.71. The summed E-state index contributed by atoms with van der Waals surface area (Å²) in [6.45, 7) is 5.96. The predicted octanol–water partition coefficient (Wildman–Crippen LogP) is 2.28. The van der Waals surface area contributed by atoms with Gasteiger partial charge in [-0.3, -0.25) is 0 Å². The number of nitrogens with zero attached hydrogens (tertiary/aromatic N) is 2. The van der Waals surface area contributed by atoms with E-state index in [1.807, 2.05) is 18.2 Å². The lowest BCUT2D eigenvalue weighted by Gasteiger charge is -2.33. The fourth-order valence-corrected chi connectivity index (χ4v) is 5.01. The molecule has 1 aromatic carbocycles. The molecule has 0 amide bonds. The van der Waals surface area contributed by atoms with E-state index in [1.165, 1.54) is 5.56 Å². The van der Waals surface area contributed by atoms with Gasteiger partial charge in [0.1, 0.15) is 10.6 Å². The molecule has 0 saturated carbocycles. The second kappa shape index (κ2) is 7.68. The lowest BCUT2D eigenvalue weighted by molar-refractivity contribution is 0.204. The highest BCUT2D eigenvalue weighted by molar-refractivity contribution is 7.89. The Balaban J connectivity index is 1.60. The van der Waals surface area contributed by atoms with E-state index in [-0.39, 0.29) is 10.9 Å². The van der Waals surface area contributed by atoms with Crippen LogP contribution in [0.5, 0.6) is 0 Å². The van der Waals surface area contributed by atoms with Gasteiger partial charge in [0.2, 0.25) is 10.0 Å². The maximum Gasteiger partial charge on any atom is 0.246 e. The minimum absolute atomic E-state index is 0.0803. The Morgan fingerprint density at radius 1 is 1.28 bits per heavy atom. The molecule has 0 bridgehead atoms. The standard InChI is InChI=1S/C18H25N3O3S/c1-14-18(15(2)24-19-14)25(22,23)20-17-9-6-11-21(13-17)12-10-16-7-4-3-5-8-16/h3-5,7-8,17,20H,6,9-13H2,1-2H3. The third-order valence-corrected chi connectivity index (χ3v) is 6.39. The summed E-state index contributed by atoms with van der Waals surface area (Å²) in [5.74, 6) is 0.335. The van der Waals surface area contributed by atoms with Crippen molar-refractivity contribution in [2.45, 2.75) is 44.0 Å². The van der Waals surface area contributed by atoms with E-state index in [2.05, 4.69) is 26.9 Å². The summed E-state index contributed by atoms with van der Waals surface area (Å²) in [6, 6.07) is 10.3. The number of rotatable bonds is 6. The first-order chi connectivity index (χ1) is 12.0. The van der Waals surface area contributed by atoms with Crippen LogP contribution in [0.1, 0.15) is 29.9 Å². The molecule has 6 nitrogen and oxygen atoms in total. The minimum Gasteiger partial charge on any atom is -0.360 e. The zero-order chi connectivity index (χ0) is 17.9. The number of aromatic nitrogens is 1. The third-order valence-electron chi connectivity index (χ3n) is 4.62. The van der Waals surface area contributed by atoms with Crippen molar-refractivity contribution in [2.24, 2.45) is 0 Å². The molecule has 1 aliphatic heterocycles. The molecule has 1 unspecified atom stereocenters. The van der Waals surface area contributed by atoms with Crippen molar-refractivity contribution < 1.29 is 12.9 Å². The zero-order valence-electron chi connectivity index (χ0n) is 14.7. The second-order valence-corrected chi connectivity index (χ2v) is 8.30. The van der Waals surface area contributed by atoms with E-state index in [9.17, 15) is 8.42 Å². The molecule has 2 heterocycles. The van der Waals surface area contributed by atoms with Crippen LogP contribution in [0.2, 0.25) is 0 Å². The Kier molecular flexibility index (Phi) is 5.56. The highest BCUT2D eigenvalue weighted by Crippen LogP contribution is 2.20. The smallest absolute Gasteiger partial charge is 0.246 e. The Bertz CT molecular complexity index is 783. The van der Waals surface area contributed by atoms with Gasteiger partial charge in [-0.15, -0.1) is 0 Å². The first-order valence-corrected chi connectivity index (χ1v) is 10.2. The molecule has 136 valence electrons. The van der Waals surface area contributed by atoms with Crippen LogP contribution in [0.25, 0.3) is 0 Å². The Morgan fingerprint density at radius 3 is 2.72 bits per heavy atom. The number of piperidine rings is 1. The molecule has 2 aromatic rings. The summed E-state index contributed by atoms with van der Waals surface area (Å²) in [5, 5.41) is 3.75. The molecule has 1 atom stereocenters. The SMILES string of the molecule is Cc1noc(C)c1S(=O)(=O)NC1CCCN(CCc2ccccc2)C1. The zero-order valence-corrected chi connectivity index (χ0v) is 15.6. The quantitative estimate of drug-likeness (QED) is 0.852. The Hall–Kier alpha value is -1.70. The Morgan fingerprint density at radius 2 is 2.04 bits per heavy atom. The Labute approximate surface area is 149 Å². The number of nitrogens with one attached hydrogen (secondary N) is 1. The summed E-state index contributed by atoms with van der Waals surface area (Å²) in [7, 11) is -3.60. The van der Waals surface area contributed by atoms with Gasteiger partial charge in [-0.25, -0.2) is 13.1 Å². The number of benzene rings is 1. The summed E-state index contributed by atoms with van der Waals surface area (Å²) in [4.78, 5) is 2.51. The van der Waals surface area contributed by atoms with Gasteiger partial charge in [0.05, 0.1) is 0 Å². The lowest BCUT2D eigenvalue weighted by atomic mass is 10.1. The molecule has 25 heavy (non-hydrogen) atoms. The van der Waals surface area contributed by atoms with Crippen molar-refractivity contribution in [3.8, 4) is 0 Å². The van der Waals surface area contributed by atoms with E-state index < -0.39 is 10.0 Å². The first-order valence-electron chi connectivity index (χ1n) is 8.67. The van der Waals surface area contributed by atoms with Gasteiger partial charge >= 0.3 is 0 Å². The van der Waals surface area contributed by atoms with Gasteiger partial charge in [-0.2, -0.15) is 0 Å². The van der Waals surface area contributed by atoms with Crippen molar-refractivity contribution >= 4 is 10.0 Å². The first kappa shape index (κ1) is 18.1. The molecule has 0 radical (unpaired) electrons. The number of hydrogen-bond donors (Lipinski definition) is 1. The number of sulfonamides is 1. The molecule has 0 spiro atoms. The second-order valence-electron chi connectivity index (χ2n) is 6.65. The molecular weight excluding hydrogens is 338 g/mol. The van der Waals surface area contributed by atoms with E-state index in [0.717, 1.165) is 38.9 Å². The van der Waals surface area contributed by atoms with Crippen molar-refractivity contribution in [1.29, 1.82) is 0 Å². The van der Waals surface area contributed by atoms with Gasteiger partial charge in [0.15, 0.2) is 5.76 Å². The van der Waals surface area contributed by atoms with Crippen molar-refractivity contribution in [3.05, 3.63) is 47.3 Å². The monoisotopic (exact) mass is 363 g/mol. The van der Waals surface area contributed by atoms with Crippen LogP contribution in [0.15, 0.2) is 39.8 Å². The fourth-order valence-electron chi connectivity index (χ4n) is 3.42. The predicted molar refractivity (Wildman–Crippen MR) is 95.9 cm³/mol. The minimum atomic E-state index is -3.60. The molecule has 1 fully saturated rings. The number of likely N-dealkylation sites (tertiary alicyclic amines) is 1. The van der Waals surface area contributed by atoms with Gasteiger partial charge in [-0.05, 0) is 45.2 Å². The average molecular weight is 363 g/mol. The van der Waals surface area contributed by atoms with E-state index in [0.29, 0.717) is 11.5 Å². The van der Waals surface area contributed by atoms with E-state index in [4.69, 9.17) is 4.52 Å². The third kappa shape index (κ3) is 4.48. The van der Waals surface area contributed by atoms with E-state index >= 15 is 0 Å².